The first-order chi connectivity index (χ1) is 14.0. The molecule has 1 heterocycles. The Hall–Kier alpha value is -3.32. The number of halogens is 1. The van der Waals surface area contributed by atoms with Crippen molar-refractivity contribution in [2.75, 3.05) is 6.61 Å². The molecule has 0 fully saturated rings. The summed E-state index contributed by atoms with van der Waals surface area (Å²) >= 11 is 0. The number of rotatable bonds is 7. The SMILES string of the molecule is Cc1nc(-c2ccccc2)n(CC(=O)NCc2ccc(F)cc2)c(=O)c1CCO. The van der Waals surface area contributed by atoms with E-state index in [9.17, 15) is 19.1 Å². The number of aliphatic hydroxyl groups excluding tert-OH is 1. The molecule has 6 nitrogen and oxygen atoms in total. The van der Waals surface area contributed by atoms with Crippen LogP contribution in [0.4, 0.5) is 4.39 Å². The van der Waals surface area contributed by atoms with Crippen LogP contribution in [-0.4, -0.2) is 27.2 Å². The van der Waals surface area contributed by atoms with Gasteiger partial charge in [-0.1, -0.05) is 42.5 Å². The van der Waals surface area contributed by atoms with Crippen LogP contribution < -0.4 is 10.9 Å². The Kier molecular flexibility index (Phi) is 6.51. The lowest BCUT2D eigenvalue weighted by atomic mass is 10.1. The molecule has 1 aromatic heterocycles. The third-order valence-electron chi connectivity index (χ3n) is 4.57. The highest BCUT2D eigenvalue weighted by Gasteiger charge is 2.17. The summed E-state index contributed by atoms with van der Waals surface area (Å²) in [5.74, 6) is -0.317. The van der Waals surface area contributed by atoms with Crippen molar-refractivity contribution >= 4 is 5.91 Å². The van der Waals surface area contributed by atoms with Gasteiger partial charge in [-0.3, -0.25) is 14.2 Å². The van der Waals surface area contributed by atoms with Crippen molar-refractivity contribution in [3.05, 3.63) is 87.6 Å². The van der Waals surface area contributed by atoms with Gasteiger partial charge in [0.2, 0.25) is 5.91 Å². The van der Waals surface area contributed by atoms with Gasteiger partial charge in [0, 0.05) is 36.4 Å². The smallest absolute Gasteiger partial charge is 0.257 e. The first kappa shape index (κ1) is 20.4. The number of nitrogens with zero attached hydrogens (tertiary/aromatic N) is 2. The van der Waals surface area contributed by atoms with Crippen molar-refractivity contribution < 1.29 is 14.3 Å². The minimum Gasteiger partial charge on any atom is -0.396 e. The molecule has 2 N–H and O–H groups in total. The van der Waals surface area contributed by atoms with Crippen molar-refractivity contribution in [1.29, 1.82) is 0 Å². The maximum atomic E-state index is 13.0. The van der Waals surface area contributed by atoms with Gasteiger partial charge in [0.1, 0.15) is 18.2 Å². The summed E-state index contributed by atoms with van der Waals surface area (Å²) < 4.78 is 14.3. The normalized spacial score (nSPS) is 10.7. The minimum absolute atomic E-state index is 0.171. The molecule has 0 aliphatic rings. The highest BCUT2D eigenvalue weighted by atomic mass is 19.1. The second kappa shape index (κ2) is 9.25. The molecule has 7 heteroatoms. The second-order valence-corrected chi connectivity index (χ2v) is 6.63. The molecular weight excluding hydrogens is 373 g/mol. The molecule has 0 saturated heterocycles. The number of carbonyl (C=O) groups is 1. The molecule has 0 aliphatic carbocycles. The van der Waals surface area contributed by atoms with Gasteiger partial charge in [-0.15, -0.1) is 0 Å². The van der Waals surface area contributed by atoms with Crippen molar-refractivity contribution in [1.82, 2.24) is 14.9 Å². The van der Waals surface area contributed by atoms with Gasteiger partial charge in [-0.2, -0.15) is 0 Å². The average Bonchev–Trinajstić information content (AvgIpc) is 2.73. The second-order valence-electron chi connectivity index (χ2n) is 6.63. The zero-order valence-electron chi connectivity index (χ0n) is 16.1. The van der Waals surface area contributed by atoms with Crippen LogP contribution in [-0.2, 0) is 24.3 Å². The molecule has 0 unspecified atom stereocenters. The van der Waals surface area contributed by atoms with E-state index in [-0.39, 0.29) is 43.4 Å². The number of carbonyl (C=O) groups excluding carboxylic acids is 1. The fourth-order valence-electron chi connectivity index (χ4n) is 3.06. The standard InChI is InChI=1S/C22H22FN3O3/c1-15-19(11-12-27)22(29)26(21(25-15)17-5-3-2-4-6-17)14-20(28)24-13-16-7-9-18(23)10-8-16/h2-10,27H,11-14H2,1H3,(H,24,28). The van der Waals surface area contributed by atoms with E-state index >= 15 is 0 Å². The summed E-state index contributed by atoms with van der Waals surface area (Å²) in [6.45, 7) is 1.55. The monoisotopic (exact) mass is 395 g/mol. The molecule has 0 radical (unpaired) electrons. The number of hydrogen-bond donors (Lipinski definition) is 2. The quantitative estimate of drug-likeness (QED) is 0.642. The highest BCUT2D eigenvalue weighted by Crippen LogP contribution is 2.17. The van der Waals surface area contributed by atoms with Crippen LogP contribution in [0.1, 0.15) is 16.8 Å². The van der Waals surface area contributed by atoms with E-state index in [1.807, 2.05) is 30.3 Å². The van der Waals surface area contributed by atoms with Gasteiger partial charge in [-0.05, 0) is 24.6 Å². The number of benzene rings is 2. The third-order valence-corrected chi connectivity index (χ3v) is 4.57. The summed E-state index contributed by atoms with van der Waals surface area (Å²) in [6, 6.07) is 15.0. The zero-order chi connectivity index (χ0) is 20.8. The molecule has 29 heavy (non-hydrogen) atoms. The predicted octanol–water partition coefficient (Wildman–Crippen LogP) is 2.21. The van der Waals surface area contributed by atoms with Gasteiger partial charge in [0.25, 0.3) is 5.56 Å². The maximum absolute atomic E-state index is 13.0. The van der Waals surface area contributed by atoms with Crippen molar-refractivity contribution in [2.45, 2.75) is 26.4 Å². The van der Waals surface area contributed by atoms with Crippen molar-refractivity contribution in [3.63, 3.8) is 0 Å². The van der Waals surface area contributed by atoms with Crippen molar-refractivity contribution in [3.8, 4) is 11.4 Å². The minimum atomic E-state index is -0.366. The summed E-state index contributed by atoms with van der Waals surface area (Å²) in [5.41, 5.74) is 2.04. The number of hydrogen-bond acceptors (Lipinski definition) is 4. The fraction of sp³-hybridized carbons (Fsp3) is 0.227. The molecule has 0 saturated carbocycles. The maximum Gasteiger partial charge on any atom is 0.257 e. The molecule has 0 aliphatic heterocycles. The van der Waals surface area contributed by atoms with E-state index in [1.54, 1.807) is 19.1 Å². The zero-order valence-corrected chi connectivity index (χ0v) is 16.1. The molecule has 2 aromatic carbocycles. The molecule has 0 atom stereocenters. The van der Waals surface area contributed by atoms with Gasteiger partial charge >= 0.3 is 0 Å². The summed E-state index contributed by atoms with van der Waals surface area (Å²) in [4.78, 5) is 30.1. The van der Waals surface area contributed by atoms with E-state index in [0.717, 1.165) is 11.1 Å². The van der Waals surface area contributed by atoms with Gasteiger partial charge in [0.15, 0.2) is 0 Å². The predicted molar refractivity (Wildman–Crippen MR) is 108 cm³/mol. The summed E-state index contributed by atoms with van der Waals surface area (Å²) in [5, 5.41) is 12.0. The summed E-state index contributed by atoms with van der Waals surface area (Å²) in [6.07, 6.45) is 0.171. The molecule has 0 spiro atoms. The number of aliphatic hydroxyl groups is 1. The van der Waals surface area contributed by atoms with E-state index in [1.165, 1.54) is 16.7 Å². The first-order valence-electron chi connectivity index (χ1n) is 9.27. The van der Waals surface area contributed by atoms with Crippen LogP contribution in [0, 0.1) is 12.7 Å². The Labute approximate surface area is 167 Å². The van der Waals surface area contributed by atoms with Crippen LogP contribution in [0.2, 0.25) is 0 Å². The molecule has 3 rings (SSSR count). The Morgan fingerprint density at radius 3 is 2.48 bits per heavy atom. The van der Waals surface area contributed by atoms with Gasteiger partial charge in [-0.25, -0.2) is 9.37 Å². The fourth-order valence-corrected chi connectivity index (χ4v) is 3.06. The largest absolute Gasteiger partial charge is 0.396 e. The van der Waals surface area contributed by atoms with E-state index in [0.29, 0.717) is 17.1 Å². The lowest BCUT2D eigenvalue weighted by Gasteiger charge is -2.16. The van der Waals surface area contributed by atoms with Crippen LogP contribution >= 0.6 is 0 Å². The third kappa shape index (κ3) is 4.94. The number of aromatic nitrogens is 2. The molecule has 150 valence electrons. The topological polar surface area (TPSA) is 84.2 Å². The van der Waals surface area contributed by atoms with Crippen LogP contribution in [0.15, 0.2) is 59.4 Å². The Morgan fingerprint density at radius 2 is 1.83 bits per heavy atom. The van der Waals surface area contributed by atoms with Crippen LogP contribution in [0.5, 0.6) is 0 Å². The van der Waals surface area contributed by atoms with E-state index < -0.39 is 0 Å². The Morgan fingerprint density at radius 1 is 1.14 bits per heavy atom. The van der Waals surface area contributed by atoms with E-state index in [4.69, 9.17) is 0 Å². The lowest BCUT2D eigenvalue weighted by Crippen LogP contribution is -2.35. The molecule has 1 amide bonds. The highest BCUT2D eigenvalue weighted by molar-refractivity contribution is 5.76. The Balaban J connectivity index is 1.89. The first-order valence-corrected chi connectivity index (χ1v) is 9.27. The van der Waals surface area contributed by atoms with Crippen LogP contribution in [0.25, 0.3) is 11.4 Å². The van der Waals surface area contributed by atoms with E-state index in [2.05, 4.69) is 10.3 Å². The molecule has 0 bridgehead atoms. The average molecular weight is 395 g/mol. The summed E-state index contributed by atoms with van der Waals surface area (Å²) in [7, 11) is 0. The van der Waals surface area contributed by atoms with Crippen molar-refractivity contribution in [2.24, 2.45) is 0 Å². The van der Waals surface area contributed by atoms with Crippen LogP contribution in [0.3, 0.4) is 0 Å². The number of amides is 1. The molecule has 3 aromatic rings. The Bertz CT molecular complexity index is 1050. The van der Waals surface area contributed by atoms with Gasteiger partial charge in [0.05, 0.1) is 0 Å². The van der Waals surface area contributed by atoms with Gasteiger partial charge < -0.3 is 10.4 Å². The number of nitrogens with one attached hydrogen (secondary N) is 1. The molecular formula is C22H22FN3O3. The lowest BCUT2D eigenvalue weighted by molar-refractivity contribution is -0.121. The number of aryl methyl sites for hydroxylation is 1.